The van der Waals surface area contributed by atoms with Crippen LogP contribution < -0.4 is 5.32 Å². The number of ether oxygens (including phenoxy) is 1. The lowest BCUT2D eigenvalue weighted by molar-refractivity contribution is 0.102. The fraction of sp³-hybridized carbons (Fsp3) is 0.158. The number of halogens is 1. The van der Waals surface area contributed by atoms with Crippen molar-refractivity contribution in [2.75, 3.05) is 12.4 Å². The van der Waals surface area contributed by atoms with Gasteiger partial charge >= 0.3 is 0 Å². The van der Waals surface area contributed by atoms with E-state index in [1.54, 1.807) is 29.5 Å². The number of nitrogens with one attached hydrogen (secondary N) is 2. The summed E-state index contributed by atoms with van der Waals surface area (Å²) < 4.78 is 20.2. The highest BCUT2D eigenvalue weighted by molar-refractivity contribution is 7.21. The summed E-state index contributed by atoms with van der Waals surface area (Å²) in [6.45, 7) is 2.19. The zero-order chi connectivity index (χ0) is 19.0. The second-order valence-corrected chi connectivity index (χ2v) is 8.33. The molecule has 138 valence electrons. The minimum absolute atomic E-state index is 0.157. The molecule has 8 heteroatoms. The molecule has 4 rings (SSSR count). The highest BCUT2D eigenvalue weighted by atomic mass is 32.1. The van der Waals surface area contributed by atoms with Crippen molar-refractivity contribution in [3.8, 4) is 10.6 Å². The van der Waals surface area contributed by atoms with Gasteiger partial charge in [-0.05, 0) is 31.2 Å². The Bertz CT molecular complexity index is 1130. The van der Waals surface area contributed by atoms with Crippen molar-refractivity contribution in [3.05, 3.63) is 57.5 Å². The van der Waals surface area contributed by atoms with Gasteiger partial charge in [-0.25, -0.2) is 4.39 Å². The topological polar surface area (TPSA) is 67.0 Å². The quantitative estimate of drug-likeness (QED) is 0.483. The first-order valence-electron chi connectivity index (χ1n) is 8.19. The number of aromatic nitrogens is 2. The highest BCUT2D eigenvalue weighted by Crippen LogP contribution is 2.34. The summed E-state index contributed by atoms with van der Waals surface area (Å²) in [6, 6.07) is 10.6. The Labute approximate surface area is 162 Å². The van der Waals surface area contributed by atoms with E-state index in [9.17, 15) is 9.18 Å². The Morgan fingerprint density at radius 2 is 2.15 bits per heavy atom. The van der Waals surface area contributed by atoms with Gasteiger partial charge in [0.25, 0.3) is 5.91 Å². The van der Waals surface area contributed by atoms with Crippen LogP contribution in [0.1, 0.15) is 20.1 Å². The van der Waals surface area contributed by atoms with Crippen LogP contribution >= 0.6 is 22.7 Å². The summed E-state index contributed by atoms with van der Waals surface area (Å²) in [6.07, 6.45) is 0. The van der Waals surface area contributed by atoms with Gasteiger partial charge in [-0.15, -0.1) is 22.7 Å². The van der Waals surface area contributed by atoms with Crippen LogP contribution in [0.5, 0.6) is 0 Å². The molecule has 3 aromatic heterocycles. The van der Waals surface area contributed by atoms with E-state index in [0.717, 1.165) is 10.6 Å². The molecular formula is C19H16FN3O2S2. The van der Waals surface area contributed by atoms with E-state index < -0.39 is 0 Å². The largest absolute Gasteiger partial charge is 0.380 e. The third-order valence-corrected chi connectivity index (χ3v) is 6.31. The number of hydrogen-bond donors (Lipinski definition) is 2. The molecule has 4 aromatic rings. The molecule has 0 aliphatic carbocycles. The second kappa shape index (κ2) is 7.22. The number of amides is 1. The number of thiophene rings is 2. The molecule has 0 saturated heterocycles. The van der Waals surface area contributed by atoms with Crippen molar-refractivity contribution in [1.29, 1.82) is 0 Å². The van der Waals surface area contributed by atoms with Crippen LogP contribution in [0.15, 0.2) is 36.4 Å². The first-order chi connectivity index (χ1) is 13.1. The van der Waals surface area contributed by atoms with Crippen molar-refractivity contribution in [2.24, 2.45) is 0 Å². The van der Waals surface area contributed by atoms with Crippen molar-refractivity contribution in [3.63, 3.8) is 0 Å². The van der Waals surface area contributed by atoms with Crippen LogP contribution in [0.2, 0.25) is 0 Å². The molecule has 0 radical (unpaired) electrons. The van der Waals surface area contributed by atoms with Crippen LogP contribution in [-0.2, 0) is 11.3 Å². The molecule has 0 saturated carbocycles. The molecule has 5 nitrogen and oxygen atoms in total. The number of anilines is 1. The Morgan fingerprint density at radius 1 is 1.30 bits per heavy atom. The van der Waals surface area contributed by atoms with E-state index in [1.807, 2.05) is 19.1 Å². The molecule has 0 aliphatic heterocycles. The van der Waals surface area contributed by atoms with E-state index in [0.29, 0.717) is 26.3 Å². The molecule has 1 amide bonds. The van der Waals surface area contributed by atoms with Gasteiger partial charge in [0, 0.05) is 33.7 Å². The van der Waals surface area contributed by atoms with Gasteiger partial charge in [0.05, 0.1) is 22.1 Å². The number of methoxy groups -OCH3 is 1. The van der Waals surface area contributed by atoms with Gasteiger partial charge in [-0.2, -0.15) is 5.10 Å². The van der Waals surface area contributed by atoms with Crippen LogP contribution in [0.3, 0.4) is 0 Å². The van der Waals surface area contributed by atoms with Crippen molar-refractivity contribution in [2.45, 2.75) is 13.5 Å². The number of benzene rings is 1. The average molecular weight is 401 g/mol. The number of hydrogen-bond acceptors (Lipinski definition) is 5. The number of aromatic amines is 1. The molecule has 0 fully saturated rings. The molecule has 27 heavy (non-hydrogen) atoms. The van der Waals surface area contributed by atoms with Crippen LogP contribution in [0, 0.1) is 12.7 Å². The number of carbonyl (C=O) groups excluding carboxylic acids is 1. The maximum atomic E-state index is 14.3. The minimum Gasteiger partial charge on any atom is -0.380 e. The summed E-state index contributed by atoms with van der Waals surface area (Å²) in [7, 11) is 1.52. The number of H-pyrrole nitrogens is 1. The maximum Gasteiger partial charge on any atom is 0.267 e. The summed E-state index contributed by atoms with van der Waals surface area (Å²) in [5, 5.41) is 10.3. The Kier molecular flexibility index (Phi) is 4.77. The monoisotopic (exact) mass is 401 g/mol. The van der Waals surface area contributed by atoms with Gasteiger partial charge in [0.15, 0.2) is 5.82 Å². The summed E-state index contributed by atoms with van der Waals surface area (Å²) in [4.78, 5) is 15.5. The Balaban J connectivity index is 1.64. The molecule has 0 bridgehead atoms. The van der Waals surface area contributed by atoms with E-state index in [2.05, 4.69) is 15.5 Å². The predicted octanol–water partition coefficient (Wildman–Crippen LogP) is 5.20. The zero-order valence-electron chi connectivity index (χ0n) is 14.6. The molecule has 0 atom stereocenters. The van der Waals surface area contributed by atoms with E-state index in [4.69, 9.17) is 4.74 Å². The molecule has 0 aliphatic rings. The lowest BCUT2D eigenvalue weighted by Gasteiger charge is -2.04. The number of aryl methyl sites for hydroxylation is 1. The van der Waals surface area contributed by atoms with Crippen molar-refractivity contribution < 1.29 is 13.9 Å². The van der Waals surface area contributed by atoms with Crippen molar-refractivity contribution in [1.82, 2.24) is 10.2 Å². The van der Waals surface area contributed by atoms with E-state index >= 15 is 0 Å². The van der Waals surface area contributed by atoms with E-state index in [1.165, 1.54) is 29.4 Å². The normalized spacial score (nSPS) is 11.2. The van der Waals surface area contributed by atoms with Gasteiger partial charge in [-0.1, -0.05) is 6.07 Å². The smallest absolute Gasteiger partial charge is 0.267 e. The fourth-order valence-corrected chi connectivity index (χ4v) is 4.85. The van der Waals surface area contributed by atoms with E-state index in [-0.39, 0.29) is 18.3 Å². The predicted molar refractivity (Wildman–Crippen MR) is 107 cm³/mol. The van der Waals surface area contributed by atoms with Crippen LogP contribution in [-0.4, -0.2) is 23.2 Å². The average Bonchev–Trinajstić information content (AvgIpc) is 3.35. The van der Waals surface area contributed by atoms with Gasteiger partial charge < -0.3 is 10.1 Å². The van der Waals surface area contributed by atoms with Crippen LogP contribution in [0.25, 0.3) is 20.7 Å². The molecule has 1 aromatic carbocycles. The Morgan fingerprint density at radius 3 is 2.89 bits per heavy atom. The molecule has 3 heterocycles. The second-order valence-electron chi connectivity index (χ2n) is 5.99. The lowest BCUT2D eigenvalue weighted by atomic mass is 10.1. The fourth-order valence-electron chi connectivity index (χ4n) is 2.90. The molecule has 0 unspecified atom stereocenters. The molecule has 2 N–H and O–H groups in total. The first-order valence-corrected chi connectivity index (χ1v) is 9.82. The maximum absolute atomic E-state index is 14.3. The summed E-state index contributed by atoms with van der Waals surface area (Å²) in [5.74, 6) is -0.268. The van der Waals surface area contributed by atoms with Crippen molar-refractivity contribution >= 4 is 44.5 Å². The van der Waals surface area contributed by atoms with Gasteiger partial charge in [0.2, 0.25) is 0 Å². The van der Waals surface area contributed by atoms with Crippen LogP contribution in [0.4, 0.5) is 10.2 Å². The molecular weight excluding hydrogens is 385 g/mol. The highest BCUT2D eigenvalue weighted by Gasteiger charge is 2.21. The number of rotatable bonds is 5. The summed E-state index contributed by atoms with van der Waals surface area (Å²) >= 11 is 2.89. The third kappa shape index (κ3) is 3.39. The van der Waals surface area contributed by atoms with Gasteiger partial charge in [-0.3, -0.25) is 9.89 Å². The number of carbonyl (C=O) groups is 1. The lowest BCUT2D eigenvalue weighted by Crippen LogP contribution is -2.12. The number of nitrogens with zero attached hydrogens (tertiary/aromatic N) is 1. The summed E-state index contributed by atoms with van der Waals surface area (Å²) in [5.41, 5.74) is 1.39. The van der Waals surface area contributed by atoms with Gasteiger partial charge in [0.1, 0.15) is 5.82 Å². The molecule has 0 spiro atoms. The Hall–Kier alpha value is -2.55. The SMILES string of the molecule is COCc1c(C(=O)Nc2cc(-c3ccc(C)s3)[nH]n2)sc2cccc(F)c12. The third-order valence-electron chi connectivity index (χ3n) is 4.08. The minimum atomic E-state index is -0.357. The standard InChI is InChI=1S/C19H16FN3O2S2/c1-10-6-7-14(26-10)13-8-16(23-22-13)21-19(24)18-11(9-25-2)17-12(20)4-3-5-15(17)27-18/h3-8H,9H2,1-2H3,(H2,21,22,23,24). The zero-order valence-corrected chi connectivity index (χ0v) is 16.3. The first kappa shape index (κ1) is 17.8. The number of fused-ring (bicyclic) bond motifs is 1.